The first-order valence-corrected chi connectivity index (χ1v) is 10.8. The molecule has 9 nitrogen and oxygen atoms in total. The van der Waals surface area contributed by atoms with Crippen LogP contribution in [0.4, 0.5) is 0 Å². The Labute approximate surface area is 198 Å². The van der Waals surface area contributed by atoms with Gasteiger partial charge in [0.25, 0.3) is 0 Å². The van der Waals surface area contributed by atoms with Crippen molar-refractivity contribution in [1.82, 2.24) is 0 Å². The maximum Gasteiger partial charge on any atom is 0.339 e. The van der Waals surface area contributed by atoms with E-state index in [1.165, 1.54) is 25.1 Å². The molecule has 2 aliphatic rings. The molecule has 178 valence electrons. The van der Waals surface area contributed by atoms with Crippen LogP contribution in [0.25, 0.3) is 11.1 Å². The van der Waals surface area contributed by atoms with Gasteiger partial charge in [-0.2, -0.15) is 0 Å². The summed E-state index contributed by atoms with van der Waals surface area (Å²) in [6, 6.07) is 5.29. The van der Waals surface area contributed by atoms with Crippen LogP contribution in [0, 0.1) is 6.92 Å². The lowest BCUT2D eigenvalue weighted by molar-refractivity contribution is 0.0154. The smallest absolute Gasteiger partial charge is 0.339 e. The Balaban J connectivity index is 1.87. The number of phenols is 3. The second-order valence-corrected chi connectivity index (χ2v) is 8.70. The maximum absolute atomic E-state index is 13.4. The number of aromatic hydroxyl groups is 3. The zero-order chi connectivity index (χ0) is 25.5. The standard InChI is InChI=1S/C26H20O9/c1-3-9-4-5-10-17(19(9)27)21(29)13-7-12-16(25(33)18(13)20(10)28)15-11(22(30)23(12)31)6-8(2)14(24(15)32)26(34)35/h4-7,22-23,27,30-33H,3H2,1-2H3,(H,34,35)/t22-,23-/m0/s1. The largest absolute Gasteiger partial charge is 0.507 e. The van der Waals surface area contributed by atoms with Crippen molar-refractivity contribution in [3.05, 3.63) is 74.3 Å². The van der Waals surface area contributed by atoms with Gasteiger partial charge in [-0.3, -0.25) is 9.59 Å². The van der Waals surface area contributed by atoms with E-state index in [-0.39, 0.29) is 50.3 Å². The van der Waals surface area contributed by atoms with Crippen LogP contribution < -0.4 is 0 Å². The van der Waals surface area contributed by atoms with Crippen LogP contribution in [0.2, 0.25) is 0 Å². The van der Waals surface area contributed by atoms with Gasteiger partial charge < -0.3 is 30.6 Å². The Hall–Kier alpha value is -4.21. The SMILES string of the molecule is CCc1ccc2c(c1O)C(=O)c1cc3c(c(O)c1C2=O)-c1c(cc(C)c(C(=O)O)c1O)[C@H](O)[C@H]3O. The third-order valence-electron chi connectivity index (χ3n) is 6.85. The number of benzene rings is 3. The number of aliphatic hydroxyl groups excluding tert-OH is 2. The number of fused-ring (bicyclic) bond motifs is 5. The van der Waals surface area contributed by atoms with Crippen molar-refractivity contribution in [2.75, 3.05) is 0 Å². The minimum Gasteiger partial charge on any atom is -0.507 e. The van der Waals surface area contributed by atoms with E-state index in [0.717, 1.165) is 6.07 Å². The average molecular weight is 476 g/mol. The second kappa shape index (κ2) is 7.39. The summed E-state index contributed by atoms with van der Waals surface area (Å²) in [7, 11) is 0. The predicted molar refractivity (Wildman–Crippen MR) is 121 cm³/mol. The fourth-order valence-corrected chi connectivity index (χ4v) is 5.13. The lowest BCUT2D eigenvalue weighted by Crippen LogP contribution is -2.25. The third kappa shape index (κ3) is 2.79. The van der Waals surface area contributed by atoms with Crippen LogP contribution in [-0.2, 0) is 6.42 Å². The van der Waals surface area contributed by atoms with Crippen LogP contribution in [0.5, 0.6) is 17.2 Å². The molecule has 5 rings (SSSR count). The van der Waals surface area contributed by atoms with Gasteiger partial charge in [0.05, 0.1) is 11.1 Å². The summed E-state index contributed by atoms with van der Waals surface area (Å²) < 4.78 is 0. The van der Waals surface area contributed by atoms with E-state index < -0.39 is 52.4 Å². The van der Waals surface area contributed by atoms with E-state index >= 15 is 0 Å². The topological polar surface area (TPSA) is 173 Å². The first-order chi connectivity index (χ1) is 16.5. The summed E-state index contributed by atoms with van der Waals surface area (Å²) in [6.45, 7) is 3.17. The van der Waals surface area contributed by atoms with Crippen molar-refractivity contribution < 1.29 is 45.0 Å². The minimum absolute atomic E-state index is 0.0412. The molecule has 0 unspecified atom stereocenters. The molecule has 6 N–H and O–H groups in total. The van der Waals surface area contributed by atoms with Gasteiger partial charge in [0, 0.05) is 22.3 Å². The summed E-state index contributed by atoms with van der Waals surface area (Å²) >= 11 is 0. The highest BCUT2D eigenvalue weighted by molar-refractivity contribution is 6.31. The van der Waals surface area contributed by atoms with Crippen molar-refractivity contribution >= 4 is 17.5 Å². The minimum atomic E-state index is -1.66. The summed E-state index contributed by atoms with van der Waals surface area (Å²) in [4.78, 5) is 38.5. The molecule has 0 aliphatic heterocycles. The monoisotopic (exact) mass is 476 g/mol. The fourth-order valence-electron chi connectivity index (χ4n) is 5.13. The number of aryl methyl sites for hydroxylation is 2. The molecule has 0 heterocycles. The summed E-state index contributed by atoms with van der Waals surface area (Å²) in [5.74, 6) is -4.83. The number of aliphatic hydroxyl groups is 2. The molecule has 2 aliphatic carbocycles. The second-order valence-electron chi connectivity index (χ2n) is 8.70. The van der Waals surface area contributed by atoms with E-state index in [2.05, 4.69) is 0 Å². The van der Waals surface area contributed by atoms with Gasteiger partial charge in [-0.1, -0.05) is 19.1 Å². The quantitative estimate of drug-likeness (QED) is 0.254. The normalized spacial score (nSPS) is 17.9. The Morgan fingerprint density at radius 3 is 1.94 bits per heavy atom. The summed E-state index contributed by atoms with van der Waals surface area (Å²) in [5.41, 5.74) is -1.68. The van der Waals surface area contributed by atoms with Crippen LogP contribution in [0.3, 0.4) is 0 Å². The molecule has 2 atom stereocenters. The number of aromatic carboxylic acids is 1. The fraction of sp³-hybridized carbons (Fsp3) is 0.192. The highest BCUT2D eigenvalue weighted by Crippen LogP contribution is 2.55. The Kier molecular flexibility index (Phi) is 4.77. The molecule has 3 aromatic carbocycles. The number of carbonyl (C=O) groups is 3. The summed E-state index contributed by atoms with van der Waals surface area (Å²) in [5, 5.41) is 63.9. The molecule has 0 bridgehead atoms. The number of carboxylic acid groups (broad SMARTS) is 1. The predicted octanol–water partition coefficient (Wildman–Crippen LogP) is 2.90. The molecule has 0 spiro atoms. The molecule has 0 saturated heterocycles. The number of carboxylic acids is 1. The van der Waals surface area contributed by atoms with Crippen LogP contribution >= 0.6 is 0 Å². The summed E-state index contributed by atoms with van der Waals surface area (Å²) in [6.07, 6.45) is -2.89. The van der Waals surface area contributed by atoms with E-state index in [1.54, 1.807) is 6.92 Å². The molecule has 0 amide bonds. The molecule has 9 heteroatoms. The molecule has 0 radical (unpaired) electrons. The lowest BCUT2D eigenvalue weighted by atomic mass is 9.74. The van der Waals surface area contributed by atoms with Crippen molar-refractivity contribution in [2.45, 2.75) is 32.5 Å². The number of hydrogen-bond acceptors (Lipinski definition) is 8. The number of carbonyl (C=O) groups excluding carboxylic acids is 2. The first-order valence-electron chi connectivity index (χ1n) is 10.8. The average Bonchev–Trinajstić information content (AvgIpc) is 2.80. The molecule has 3 aromatic rings. The van der Waals surface area contributed by atoms with Crippen molar-refractivity contribution in [3.8, 4) is 28.4 Å². The number of rotatable bonds is 2. The number of phenolic OH excluding ortho intramolecular Hbond substituents is 2. The van der Waals surface area contributed by atoms with Crippen molar-refractivity contribution in [1.29, 1.82) is 0 Å². The maximum atomic E-state index is 13.4. The molecule has 0 fully saturated rings. The molecular formula is C26H20O9. The zero-order valence-electron chi connectivity index (χ0n) is 18.6. The van der Waals surface area contributed by atoms with Gasteiger partial charge in [-0.15, -0.1) is 0 Å². The Morgan fingerprint density at radius 1 is 0.800 bits per heavy atom. The number of ketones is 2. The lowest BCUT2D eigenvalue weighted by Gasteiger charge is -2.33. The van der Waals surface area contributed by atoms with Gasteiger partial charge in [0.1, 0.15) is 35.0 Å². The Bertz CT molecular complexity index is 1520. The number of hydrogen-bond donors (Lipinski definition) is 6. The van der Waals surface area contributed by atoms with E-state index in [1.807, 2.05) is 0 Å². The van der Waals surface area contributed by atoms with Crippen molar-refractivity contribution in [2.24, 2.45) is 0 Å². The van der Waals surface area contributed by atoms with Crippen LogP contribution in [-0.4, -0.2) is 48.2 Å². The zero-order valence-corrected chi connectivity index (χ0v) is 18.6. The first kappa shape index (κ1) is 22.6. The van der Waals surface area contributed by atoms with E-state index in [4.69, 9.17) is 0 Å². The van der Waals surface area contributed by atoms with E-state index in [0.29, 0.717) is 12.0 Å². The highest BCUT2D eigenvalue weighted by Gasteiger charge is 2.42. The van der Waals surface area contributed by atoms with Gasteiger partial charge in [-0.05, 0) is 47.7 Å². The molecular weight excluding hydrogens is 456 g/mol. The van der Waals surface area contributed by atoms with Gasteiger partial charge in [0.15, 0.2) is 11.6 Å². The molecule has 0 saturated carbocycles. The van der Waals surface area contributed by atoms with Crippen molar-refractivity contribution in [3.63, 3.8) is 0 Å². The van der Waals surface area contributed by atoms with Crippen LogP contribution in [0.1, 0.15) is 83.6 Å². The van der Waals surface area contributed by atoms with Gasteiger partial charge in [0.2, 0.25) is 0 Å². The Morgan fingerprint density at radius 2 is 1.34 bits per heavy atom. The third-order valence-corrected chi connectivity index (χ3v) is 6.85. The van der Waals surface area contributed by atoms with E-state index in [9.17, 15) is 45.0 Å². The van der Waals surface area contributed by atoms with Gasteiger partial charge >= 0.3 is 5.97 Å². The van der Waals surface area contributed by atoms with Crippen LogP contribution in [0.15, 0.2) is 24.3 Å². The van der Waals surface area contributed by atoms with Gasteiger partial charge in [-0.25, -0.2) is 4.79 Å². The highest BCUT2D eigenvalue weighted by atomic mass is 16.4. The molecule has 35 heavy (non-hydrogen) atoms. The molecule has 0 aromatic heterocycles.